The molecule has 1 aromatic carbocycles. The summed E-state index contributed by atoms with van der Waals surface area (Å²) in [5.41, 5.74) is 0.445. The fourth-order valence-corrected chi connectivity index (χ4v) is 1.48. The number of hydrogen-bond donors (Lipinski definition) is 2. The van der Waals surface area contributed by atoms with E-state index >= 15 is 0 Å². The highest BCUT2D eigenvalue weighted by molar-refractivity contribution is 8.02. The summed E-state index contributed by atoms with van der Waals surface area (Å²) in [5, 5.41) is 0. The lowest BCUT2D eigenvalue weighted by Crippen LogP contribution is -2.25. The molecule has 0 aliphatic carbocycles. The van der Waals surface area contributed by atoms with Gasteiger partial charge in [0, 0.05) is 0 Å². The van der Waals surface area contributed by atoms with Gasteiger partial charge in [0.15, 0.2) is 4.08 Å². The first kappa shape index (κ1) is 10.6. The smallest absolute Gasteiger partial charge is 0.283 e. The van der Waals surface area contributed by atoms with Crippen LogP contribution in [0.5, 0.6) is 0 Å². The predicted molar refractivity (Wildman–Crippen MR) is 54.3 cm³/mol. The van der Waals surface area contributed by atoms with Crippen molar-refractivity contribution >= 4 is 22.7 Å². The molecule has 3 nitrogen and oxygen atoms in total. The van der Waals surface area contributed by atoms with Crippen molar-refractivity contribution in [3.8, 4) is 0 Å². The molecule has 0 fully saturated rings. The first-order chi connectivity index (χ1) is 5.86. The molecule has 0 radical (unpaired) electrons. The maximum atomic E-state index is 10.9. The van der Waals surface area contributed by atoms with Gasteiger partial charge in [-0.2, -0.15) is 8.42 Å². The third-order valence-electron chi connectivity index (χ3n) is 1.81. The van der Waals surface area contributed by atoms with Crippen LogP contribution in [-0.2, 0) is 14.2 Å². The Hall–Kier alpha value is -0.520. The summed E-state index contributed by atoms with van der Waals surface area (Å²) in [6.45, 7) is 1.33. The molecule has 0 aliphatic heterocycles. The molecular weight excluding hydrogens is 208 g/mol. The molecule has 1 aromatic rings. The van der Waals surface area contributed by atoms with Gasteiger partial charge in [-0.05, 0) is 12.5 Å². The normalized spacial score (nSPS) is 16.5. The summed E-state index contributed by atoms with van der Waals surface area (Å²) in [6, 6.07) is 8.34. The van der Waals surface area contributed by atoms with Crippen molar-refractivity contribution in [1.82, 2.24) is 0 Å². The summed E-state index contributed by atoms with van der Waals surface area (Å²) in [4.78, 5) is 0. The number of rotatable bonds is 2. The molecule has 0 spiro atoms. The third kappa shape index (κ3) is 2.04. The van der Waals surface area contributed by atoms with Crippen molar-refractivity contribution in [3.63, 3.8) is 0 Å². The molecule has 5 heteroatoms. The van der Waals surface area contributed by atoms with Crippen LogP contribution in [0.15, 0.2) is 30.3 Å². The zero-order valence-electron chi connectivity index (χ0n) is 7.01. The van der Waals surface area contributed by atoms with E-state index in [-0.39, 0.29) is 0 Å². The molecule has 0 saturated carbocycles. The number of hydrogen-bond acceptors (Lipinski definition) is 3. The number of benzene rings is 1. The van der Waals surface area contributed by atoms with E-state index in [1.54, 1.807) is 30.3 Å². The second kappa shape index (κ2) is 3.32. The van der Waals surface area contributed by atoms with Crippen LogP contribution in [0.25, 0.3) is 0 Å². The highest BCUT2D eigenvalue weighted by atomic mass is 32.3. The maximum Gasteiger partial charge on any atom is 0.283 e. The Labute approximate surface area is 82.9 Å². The van der Waals surface area contributed by atoms with E-state index in [1.165, 1.54) is 6.92 Å². The molecule has 72 valence electrons. The molecule has 1 atom stereocenters. The standard InChI is InChI=1S/C8H10O3S2/c1-8(12,13(9,10)11)7-5-3-2-4-6-7/h2-6,12H,1H3,(H,9,10,11). The van der Waals surface area contributed by atoms with Gasteiger partial charge in [-0.3, -0.25) is 4.55 Å². The van der Waals surface area contributed by atoms with Crippen LogP contribution < -0.4 is 0 Å². The molecule has 1 rings (SSSR count). The second-order valence-corrected chi connectivity index (χ2v) is 5.79. The fraction of sp³-hybridized carbons (Fsp3) is 0.250. The third-order valence-corrected chi connectivity index (χ3v) is 4.00. The summed E-state index contributed by atoms with van der Waals surface area (Å²) in [7, 11) is -4.19. The van der Waals surface area contributed by atoms with Gasteiger partial charge in [-0.15, -0.1) is 12.6 Å². The van der Waals surface area contributed by atoms with Gasteiger partial charge in [0.1, 0.15) is 0 Å². The van der Waals surface area contributed by atoms with E-state index in [0.717, 1.165) is 0 Å². The van der Waals surface area contributed by atoms with E-state index in [0.29, 0.717) is 5.56 Å². The average molecular weight is 218 g/mol. The molecule has 0 saturated heterocycles. The zero-order chi connectivity index (χ0) is 10.1. The molecule has 0 amide bonds. The largest absolute Gasteiger partial charge is 0.284 e. The second-order valence-electron chi connectivity index (χ2n) is 2.82. The summed E-state index contributed by atoms with van der Waals surface area (Å²) in [5.74, 6) is 0. The van der Waals surface area contributed by atoms with Gasteiger partial charge < -0.3 is 0 Å². The molecule has 0 aromatic heterocycles. The lowest BCUT2D eigenvalue weighted by molar-refractivity contribution is 0.466. The van der Waals surface area contributed by atoms with Gasteiger partial charge in [0.2, 0.25) is 0 Å². The fourth-order valence-electron chi connectivity index (χ4n) is 0.896. The quantitative estimate of drug-likeness (QED) is 0.586. The van der Waals surface area contributed by atoms with Gasteiger partial charge in [-0.1, -0.05) is 30.3 Å². The average Bonchev–Trinajstić information content (AvgIpc) is 2.04. The van der Waals surface area contributed by atoms with Crippen LogP contribution in [0.4, 0.5) is 0 Å². The van der Waals surface area contributed by atoms with Crippen molar-refractivity contribution in [2.45, 2.75) is 11.0 Å². The van der Waals surface area contributed by atoms with Crippen LogP contribution in [0.3, 0.4) is 0 Å². The Balaban J connectivity index is 3.24. The Morgan fingerprint density at radius 2 is 1.77 bits per heavy atom. The van der Waals surface area contributed by atoms with E-state index in [9.17, 15) is 8.42 Å². The van der Waals surface area contributed by atoms with E-state index in [4.69, 9.17) is 4.55 Å². The van der Waals surface area contributed by atoms with Gasteiger partial charge in [-0.25, -0.2) is 0 Å². The highest BCUT2D eigenvalue weighted by Gasteiger charge is 2.35. The lowest BCUT2D eigenvalue weighted by Gasteiger charge is -2.19. The molecule has 1 N–H and O–H groups in total. The van der Waals surface area contributed by atoms with Gasteiger partial charge in [0.05, 0.1) is 0 Å². The summed E-state index contributed by atoms with van der Waals surface area (Å²) >= 11 is 3.92. The minimum atomic E-state index is -4.19. The van der Waals surface area contributed by atoms with Crippen LogP contribution in [0.1, 0.15) is 12.5 Å². The first-order valence-electron chi connectivity index (χ1n) is 3.60. The maximum absolute atomic E-state index is 10.9. The van der Waals surface area contributed by atoms with Crippen molar-refractivity contribution in [2.75, 3.05) is 0 Å². The Morgan fingerprint density at radius 1 is 1.31 bits per heavy atom. The van der Waals surface area contributed by atoms with E-state index < -0.39 is 14.2 Å². The van der Waals surface area contributed by atoms with Crippen LogP contribution >= 0.6 is 12.6 Å². The highest BCUT2D eigenvalue weighted by Crippen LogP contribution is 2.32. The van der Waals surface area contributed by atoms with Crippen LogP contribution in [0, 0.1) is 0 Å². The van der Waals surface area contributed by atoms with Crippen molar-refractivity contribution in [1.29, 1.82) is 0 Å². The number of thiol groups is 1. The minimum Gasteiger partial charge on any atom is -0.284 e. The topological polar surface area (TPSA) is 54.4 Å². The molecule has 13 heavy (non-hydrogen) atoms. The molecule has 0 bridgehead atoms. The lowest BCUT2D eigenvalue weighted by atomic mass is 10.2. The van der Waals surface area contributed by atoms with Gasteiger partial charge in [0.25, 0.3) is 10.1 Å². The molecule has 0 heterocycles. The molecular formula is C8H10O3S2. The predicted octanol–water partition coefficient (Wildman–Crippen LogP) is 1.68. The van der Waals surface area contributed by atoms with E-state index in [1.807, 2.05) is 0 Å². The summed E-state index contributed by atoms with van der Waals surface area (Å²) < 4.78 is 29.2. The Kier molecular flexibility index (Phi) is 2.70. The monoisotopic (exact) mass is 218 g/mol. The SMILES string of the molecule is CC(S)(c1ccccc1)S(=O)(=O)O. The summed E-state index contributed by atoms with van der Waals surface area (Å²) in [6.07, 6.45) is 0. The Morgan fingerprint density at radius 3 is 2.15 bits per heavy atom. The van der Waals surface area contributed by atoms with Crippen molar-refractivity contribution < 1.29 is 13.0 Å². The van der Waals surface area contributed by atoms with Crippen molar-refractivity contribution in [3.05, 3.63) is 35.9 Å². The van der Waals surface area contributed by atoms with Crippen molar-refractivity contribution in [2.24, 2.45) is 0 Å². The first-order valence-corrected chi connectivity index (χ1v) is 5.49. The minimum absolute atomic E-state index is 0.445. The van der Waals surface area contributed by atoms with Gasteiger partial charge >= 0.3 is 0 Å². The van der Waals surface area contributed by atoms with Crippen LogP contribution in [0.2, 0.25) is 0 Å². The van der Waals surface area contributed by atoms with E-state index in [2.05, 4.69) is 12.6 Å². The molecule has 0 aliphatic rings. The van der Waals surface area contributed by atoms with Crippen LogP contribution in [-0.4, -0.2) is 13.0 Å². The Bertz CT molecular complexity index is 381. The zero-order valence-corrected chi connectivity index (χ0v) is 8.72. The molecule has 1 unspecified atom stereocenters.